The molecule has 134 valence electrons. The minimum Gasteiger partial charge on any atom is -0.496 e. The summed E-state index contributed by atoms with van der Waals surface area (Å²) in [4.78, 5) is 11.5. The number of ether oxygens (including phenoxy) is 2. The van der Waals surface area contributed by atoms with Crippen LogP contribution in [0.25, 0.3) is 11.3 Å². The molecular weight excluding hydrogens is 424 g/mol. The first-order valence-electron chi connectivity index (χ1n) is 7.45. The summed E-state index contributed by atoms with van der Waals surface area (Å²) in [6, 6.07) is 10.7. The zero-order chi connectivity index (χ0) is 18.7. The van der Waals surface area contributed by atoms with E-state index in [0.717, 1.165) is 10.0 Å². The van der Waals surface area contributed by atoms with Crippen molar-refractivity contribution in [2.75, 3.05) is 7.11 Å². The molecule has 2 aromatic carbocycles. The highest BCUT2D eigenvalue weighted by Gasteiger charge is 2.17. The number of primary amides is 1. The summed E-state index contributed by atoms with van der Waals surface area (Å²) in [6.07, 6.45) is 0. The first-order valence-corrected chi connectivity index (χ1v) is 8.62. The minimum absolute atomic E-state index is 0.0676. The summed E-state index contributed by atoms with van der Waals surface area (Å²) in [6.45, 7) is 0.210. The molecule has 0 saturated carbocycles. The number of aromatic nitrogens is 3. The average molecular weight is 438 g/mol. The summed E-state index contributed by atoms with van der Waals surface area (Å²) in [5.74, 6) is 0.511. The van der Waals surface area contributed by atoms with Crippen molar-refractivity contribution in [1.29, 1.82) is 0 Å². The number of H-pyrrole nitrogens is 1. The van der Waals surface area contributed by atoms with Crippen molar-refractivity contribution in [2.24, 2.45) is 5.73 Å². The van der Waals surface area contributed by atoms with Crippen LogP contribution in [0.15, 0.2) is 40.9 Å². The molecule has 0 saturated heterocycles. The molecule has 0 aliphatic carbocycles. The van der Waals surface area contributed by atoms with E-state index in [4.69, 9.17) is 26.8 Å². The lowest BCUT2D eigenvalue weighted by Crippen LogP contribution is -2.12. The molecule has 3 N–H and O–H groups in total. The van der Waals surface area contributed by atoms with Gasteiger partial charge in [0.05, 0.1) is 12.1 Å². The number of halogens is 2. The molecular formula is C17H14BrClN4O3. The highest BCUT2D eigenvalue weighted by Crippen LogP contribution is 2.31. The second-order valence-electron chi connectivity index (χ2n) is 5.28. The Balaban J connectivity index is 1.90. The Kier molecular flexibility index (Phi) is 5.43. The number of nitrogens with zero attached hydrogens (tertiary/aromatic N) is 2. The SMILES string of the molecule is COc1ccc(-c2n[nH]nc2C(N)=O)cc1COc1ccc(Br)cc1Cl. The number of nitrogens with two attached hydrogens (primary N) is 1. The maximum absolute atomic E-state index is 11.5. The van der Waals surface area contributed by atoms with Gasteiger partial charge in [0.2, 0.25) is 0 Å². The molecule has 7 nitrogen and oxygen atoms in total. The van der Waals surface area contributed by atoms with E-state index in [1.165, 1.54) is 0 Å². The molecule has 1 heterocycles. The van der Waals surface area contributed by atoms with Crippen LogP contribution < -0.4 is 15.2 Å². The van der Waals surface area contributed by atoms with Crippen LogP contribution in [0.4, 0.5) is 0 Å². The van der Waals surface area contributed by atoms with Crippen molar-refractivity contribution in [3.8, 4) is 22.8 Å². The average Bonchev–Trinajstić information content (AvgIpc) is 3.11. The molecule has 9 heteroatoms. The van der Waals surface area contributed by atoms with Crippen LogP contribution in [0.5, 0.6) is 11.5 Å². The van der Waals surface area contributed by atoms with E-state index >= 15 is 0 Å². The standard InChI is InChI=1S/C17H14BrClN4O3/c1-25-13-4-2-9(15-16(17(20)24)22-23-21-15)6-10(13)8-26-14-5-3-11(18)7-12(14)19/h2-7H,8H2,1H3,(H2,20,24)(H,21,22,23). The van der Waals surface area contributed by atoms with Gasteiger partial charge in [0.15, 0.2) is 5.69 Å². The number of carbonyl (C=O) groups is 1. The fourth-order valence-electron chi connectivity index (χ4n) is 2.39. The van der Waals surface area contributed by atoms with E-state index in [1.807, 2.05) is 6.07 Å². The molecule has 0 bridgehead atoms. The second kappa shape index (κ2) is 7.76. The van der Waals surface area contributed by atoms with Gasteiger partial charge in [0.1, 0.15) is 23.8 Å². The van der Waals surface area contributed by atoms with Gasteiger partial charge in [-0.15, -0.1) is 0 Å². The number of amides is 1. The largest absolute Gasteiger partial charge is 0.496 e. The topological polar surface area (TPSA) is 103 Å². The summed E-state index contributed by atoms with van der Waals surface area (Å²) in [5, 5.41) is 10.7. The summed E-state index contributed by atoms with van der Waals surface area (Å²) in [7, 11) is 1.57. The summed E-state index contributed by atoms with van der Waals surface area (Å²) < 4.78 is 12.0. The van der Waals surface area contributed by atoms with Crippen LogP contribution in [-0.2, 0) is 6.61 Å². The van der Waals surface area contributed by atoms with Gasteiger partial charge in [-0.05, 0) is 36.4 Å². The number of carbonyl (C=O) groups excluding carboxylic acids is 1. The Bertz CT molecular complexity index is 961. The van der Waals surface area contributed by atoms with Gasteiger partial charge in [0.25, 0.3) is 5.91 Å². The third-order valence-corrected chi connectivity index (χ3v) is 4.40. The molecule has 3 aromatic rings. The molecule has 0 aliphatic rings. The van der Waals surface area contributed by atoms with Crippen LogP contribution in [0.2, 0.25) is 5.02 Å². The molecule has 0 atom stereocenters. The van der Waals surface area contributed by atoms with Gasteiger partial charge in [0, 0.05) is 15.6 Å². The Morgan fingerprint density at radius 1 is 1.23 bits per heavy atom. The van der Waals surface area contributed by atoms with Gasteiger partial charge in [-0.1, -0.05) is 27.5 Å². The zero-order valence-electron chi connectivity index (χ0n) is 13.6. The number of rotatable bonds is 6. The van der Waals surface area contributed by atoms with E-state index in [-0.39, 0.29) is 12.3 Å². The monoisotopic (exact) mass is 436 g/mol. The predicted octanol–water partition coefficient (Wildman–Crippen LogP) is 3.57. The van der Waals surface area contributed by atoms with Crippen molar-refractivity contribution in [3.63, 3.8) is 0 Å². The maximum atomic E-state index is 11.5. The van der Waals surface area contributed by atoms with Gasteiger partial charge in [-0.2, -0.15) is 15.4 Å². The predicted molar refractivity (Wildman–Crippen MR) is 100 cm³/mol. The van der Waals surface area contributed by atoms with Crippen LogP contribution in [0, 0.1) is 0 Å². The van der Waals surface area contributed by atoms with Crippen LogP contribution >= 0.6 is 27.5 Å². The Morgan fingerprint density at radius 2 is 2.00 bits per heavy atom. The first-order chi connectivity index (χ1) is 12.5. The molecule has 0 spiro atoms. The quantitative estimate of drug-likeness (QED) is 0.613. The van der Waals surface area contributed by atoms with Crippen molar-refractivity contribution in [3.05, 3.63) is 57.2 Å². The third kappa shape index (κ3) is 3.81. The van der Waals surface area contributed by atoms with E-state index < -0.39 is 5.91 Å². The van der Waals surface area contributed by atoms with Gasteiger partial charge in [-0.25, -0.2) is 0 Å². The number of hydrogen-bond acceptors (Lipinski definition) is 5. The van der Waals surface area contributed by atoms with Crippen molar-refractivity contribution in [2.45, 2.75) is 6.61 Å². The fourth-order valence-corrected chi connectivity index (χ4v) is 3.12. The smallest absolute Gasteiger partial charge is 0.271 e. The molecule has 0 unspecified atom stereocenters. The van der Waals surface area contributed by atoms with Crippen molar-refractivity contribution < 1.29 is 14.3 Å². The number of benzene rings is 2. The molecule has 0 fully saturated rings. The lowest BCUT2D eigenvalue weighted by Gasteiger charge is -2.13. The molecule has 26 heavy (non-hydrogen) atoms. The van der Waals surface area contributed by atoms with E-state index in [9.17, 15) is 4.79 Å². The molecule has 1 aromatic heterocycles. The zero-order valence-corrected chi connectivity index (χ0v) is 16.0. The molecule has 1 amide bonds. The Labute approximate surface area is 162 Å². The lowest BCUT2D eigenvalue weighted by molar-refractivity contribution is 0.0996. The number of aromatic amines is 1. The Hall–Kier alpha value is -2.58. The van der Waals surface area contributed by atoms with E-state index in [1.54, 1.807) is 37.4 Å². The van der Waals surface area contributed by atoms with Crippen LogP contribution in [0.1, 0.15) is 16.1 Å². The highest BCUT2D eigenvalue weighted by molar-refractivity contribution is 9.10. The highest BCUT2D eigenvalue weighted by atomic mass is 79.9. The normalized spacial score (nSPS) is 10.6. The van der Waals surface area contributed by atoms with E-state index in [2.05, 4.69) is 31.3 Å². The third-order valence-electron chi connectivity index (χ3n) is 3.61. The van der Waals surface area contributed by atoms with Gasteiger partial charge >= 0.3 is 0 Å². The molecule has 3 rings (SSSR count). The lowest BCUT2D eigenvalue weighted by atomic mass is 10.1. The van der Waals surface area contributed by atoms with Gasteiger partial charge < -0.3 is 15.2 Å². The number of hydrogen-bond donors (Lipinski definition) is 2. The summed E-state index contributed by atoms with van der Waals surface area (Å²) in [5.41, 5.74) is 7.17. The number of methoxy groups -OCH3 is 1. The van der Waals surface area contributed by atoms with Crippen molar-refractivity contribution >= 4 is 33.4 Å². The Morgan fingerprint density at radius 3 is 2.69 bits per heavy atom. The molecule has 0 radical (unpaired) electrons. The van der Waals surface area contributed by atoms with E-state index in [0.29, 0.717) is 27.8 Å². The fraction of sp³-hybridized carbons (Fsp3) is 0.118. The van der Waals surface area contributed by atoms with Crippen LogP contribution in [-0.4, -0.2) is 28.4 Å². The molecule has 0 aliphatic heterocycles. The summed E-state index contributed by atoms with van der Waals surface area (Å²) >= 11 is 9.53. The van der Waals surface area contributed by atoms with Crippen LogP contribution in [0.3, 0.4) is 0 Å². The van der Waals surface area contributed by atoms with Crippen molar-refractivity contribution in [1.82, 2.24) is 15.4 Å². The maximum Gasteiger partial charge on any atom is 0.271 e. The minimum atomic E-state index is -0.663. The second-order valence-corrected chi connectivity index (χ2v) is 6.60. The number of nitrogens with one attached hydrogen (secondary N) is 1. The van der Waals surface area contributed by atoms with Gasteiger partial charge in [-0.3, -0.25) is 4.79 Å². The first kappa shape index (κ1) is 18.2.